The maximum atomic E-state index is 7.15. The Morgan fingerprint density at radius 1 is 1.38 bits per heavy atom. The monoisotopic (exact) mass is 222 g/mol. The van der Waals surface area contributed by atoms with Gasteiger partial charge in [-0.1, -0.05) is 13.8 Å². The van der Waals surface area contributed by atoms with E-state index in [0.29, 0.717) is 6.42 Å². The van der Waals surface area contributed by atoms with Crippen molar-refractivity contribution in [3.63, 3.8) is 0 Å². The van der Waals surface area contributed by atoms with Crippen LogP contribution in [0.25, 0.3) is 0 Å². The van der Waals surface area contributed by atoms with E-state index in [2.05, 4.69) is 29.7 Å². The highest BCUT2D eigenvalue weighted by atomic mass is 15.3. The lowest BCUT2D eigenvalue weighted by Gasteiger charge is -2.05. The lowest BCUT2D eigenvalue weighted by Crippen LogP contribution is -2.10. The third kappa shape index (κ3) is 3.68. The number of amidine groups is 1. The van der Waals surface area contributed by atoms with Gasteiger partial charge in [-0.05, 0) is 31.7 Å². The van der Waals surface area contributed by atoms with Crippen molar-refractivity contribution < 1.29 is 0 Å². The molecule has 0 atom stereocenters. The van der Waals surface area contributed by atoms with Crippen molar-refractivity contribution in [1.29, 1.82) is 5.41 Å². The summed E-state index contributed by atoms with van der Waals surface area (Å²) in [6, 6.07) is 2.19. The van der Waals surface area contributed by atoms with Gasteiger partial charge >= 0.3 is 0 Å². The standard InChI is InChI=1S/C12H22N4/c1-3-10-9-11(4-2)16(15-10)8-6-5-7-12(13)14/h9H,3-8H2,1-2H3,(H3,13,14). The first kappa shape index (κ1) is 12.7. The van der Waals surface area contributed by atoms with Crippen molar-refractivity contribution in [2.24, 2.45) is 5.73 Å². The molecule has 3 N–H and O–H groups in total. The molecule has 1 heterocycles. The van der Waals surface area contributed by atoms with E-state index in [1.807, 2.05) is 0 Å². The molecule has 0 amide bonds. The molecular formula is C12H22N4. The van der Waals surface area contributed by atoms with Crippen molar-refractivity contribution in [3.8, 4) is 0 Å². The van der Waals surface area contributed by atoms with Crippen molar-refractivity contribution in [2.45, 2.75) is 52.5 Å². The molecule has 0 aliphatic heterocycles. The molecule has 0 aliphatic carbocycles. The zero-order valence-corrected chi connectivity index (χ0v) is 10.3. The Kier molecular flexibility index (Phi) is 5.02. The normalized spacial score (nSPS) is 10.6. The highest BCUT2D eigenvalue weighted by molar-refractivity contribution is 5.76. The highest BCUT2D eigenvalue weighted by Gasteiger charge is 2.04. The molecule has 0 saturated carbocycles. The van der Waals surface area contributed by atoms with Crippen molar-refractivity contribution in [3.05, 3.63) is 17.5 Å². The zero-order valence-electron chi connectivity index (χ0n) is 10.3. The Labute approximate surface area is 97.3 Å². The summed E-state index contributed by atoms with van der Waals surface area (Å²) >= 11 is 0. The Morgan fingerprint density at radius 3 is 2.69 bits per heavy atom. The summed E-state index contributed by atoms with van der Waals surface area (Å²) in [6.45, 7) is 5.22. The quantitative estimate of drug-likeness (QED) is 0.421. The maximum Gasteiger partial charge on any atom is 0.0905 e. The summed E-state index contributed by atoms with van der Waals surface area (Å²) < 4.78 is 2.10. The Balaban J connectivity index is 2.45. The predicted molar refractivity (Wildman–Crippen MR) is 66.7 cm³/mol. The van der Waals surface area contributed by atoms with E-state index >= 15 is 0 Å². The number of hydrogen-bond acceptors (Lipinski definition) is 2. The van der Waals surface area contributed by atoms with Crippen molar-refractivity contribution in [2.75, 3.05) is 0 Å². The van der Waals surface area contributed by atoms with Gasteiger partial charge in [0.25, 0.3) is 0 Å². The first-order valence-corrected chi connectivity index (χ1v) is 6.05. The lowest BCUT2D eigenvalue weighted by atomic mass is 10.2. The van der Waals surface area contributed by atoms with Gasteiger partial charge in [0.1, 0.15) is 0 Å². The Hall–Kier alpha value is -1.32. The molecule has 16 heavy (non-hydrogen) atoms. The van der Waals surface area contributed by atoms with Crippen LogP contribution in [0.2, 0.25) is 0 Å². The SMILES string of the molecule is CCc1cc(CC)n(CCCCC(=N)N)n1. The molecule has 90 valence electrons. The fourth-order valence-electron chi connectivity index (χ4n) is 1.74. The molecular weight excluding hydrogens is 200 g/mol. The summed E-state index contributed by atoms with van der Waals surface area (Å²) in [6.07, 6.45) is 4.73. The maximum absolute atomic E-state index is 7.15. The number of hydrogen-bond donors (Lipinski definition) is 2. The molecule has 0 unspecified atom stereocenters. The van der Waals surface area contributed by atoms with E-state index in [0.717, 1.165) is 32.2 Å². The number of rotatable bonds is 7. The van der Waals surface area contributed by atoms with Gasteiger partial charge in [0.15, 0.2) is 0 Å². The van der Waals surface area contributed by atoms with Crippen LogP contribution in [0.15, 0.2) is 6.07 Å². The third-order valence-electron chi connectivity index (χ3n) is 2.70. The molecule has 0 bridgehead atoms. The summed E-state index contributed by atoms with van der Waals surface area (Å²) in [5, 5.41) is 11.7. The van der Waals surface area contributed by atoms with Gasteiger partial charge in [0.2, 0.25) is 0 Å². The van der Waals surface area contributed by atoms with Crippen molar-refractivity contribution in [1.82, 2.24) is 9.78 Å². The molecule has 0 radical (unpaired) electrons. The first-order chi connectivity index (χ1) is 7.67. The summed E-state index contributed by atoms with van der Waals surface area (Å²) in [5.41, 5.74) is 7.79. The van der Waals surface area contributed by atoms with E-state index in [1.165, 1.54) is 11.4 Å². The number of aromatic nitrogens is 2. The number of nitrogens with two attached hydrogens (primary N) is 1. The minimum atomic E-state index is 0.283. The fourth-order valence-corrected chi connectivity index (χ4v) is 1.74. The second kappa shape index (κ2) is 6.30. The Morgan fingerprint density at radius 2 is 2.12 bits per heavy atom. The average Bonchev–Trinajstić information content (AvgIpc) is 2.66. The van der Waals surface area contributed by atoms with Gasteiger partial charge < -0.3 is 5.73 Å². The lowest BCUT2D eigenvalue weighted by molar-refractivity contribution is 0.539. The molecule has 1 rings (SSSR count). The molecule has 0 aliphatic rings. The van der Waals surface area contributed by atoms with Crippen LogP contribution in [0.4, 0.5) is 0 Å². The molecule has 0 aromatic carbocycles. The van der Waals surface area contributed by atoms with Gasteiger partial charge in [0.05, 0.1) is 11.5 Å². The van der Waals surface area contributed by atoms with Gasteiger partial charge in [-0.25, -0.2) is 0 Å². The second-order valence-electron chi connectivity index (χ2n) is 4.04. The molecule has 0 fully saturated rings. The van der Waals surface area contributed by atoms with Gasteiger partial charge in [-0.3, -0.25) is 10.1 Å². The average molecular weight is 222 g/mol. The van der Waals surface area contributed by atoms with Crippen LogP contribution in [0.1, 0.15) is 44.5 Å². The van der Waals surface area contributed by atoms with Crippen LogP contribution in [0.5, 0.6) is 0 Å². The summed E-state index contributed by atoms with van der Waals surface area (Å²) in [7, 11) is 0. The van der Waals surface area contributed by atoms with E-state index in [-0.39, 0.29) is 5.84 Å². The largest absolute Gasteiger partial charge is 0.388 e. The smallest absolute Gasteiger partial charge is 0.0905 e. The van der Waals surface area contributed by atoms with Gasteiger partial charge in [0, 0.05) is 18.7 Å². The summed E-state index contributed by atoms with van der Waals surface area (Å²) in [4.78, 5) is 0. The second-order valence-corrected chi connectivity index (χ2v) is 4.04. The first-order valence-electron chi connectivity index (χ1n) is 6.05. The van der Waals surface area contributed by atoms with Crippen LogP contribution < -0.4 is 5.73 Å². The molecule has 0 saturated heterocycles. The topological polar surface area (TPSA) is 67.7 Å². The van der Waals surface area contributed by atoms with E-state index < -0.39 is 0 Å². The number of aryl methyl sites for hydroxylation is 3. The summed E-state index contributed by atoms with van der Waals surface area (Å²) in [5.74, 6) is 0.283. The molecule has 1 aromatic rings. The molecule has 1 aromatic heterocycles. The van der Waals surface area contributed by atoms with E-state index in [4.69, 9.17) is 11.1 Å². The van der Waals surface area contributed by atoms with E-state index in [9.17, 15) is 0 Å². The van der Waals surface area contributed by atoms with Crippen LogP contribution in [-0.2, 0) is 19.4 Å². The highest BCUT2D eigenvalue weighted by Crippen LogP contribution is 2.08. The van der Waals surface area contributed by atoms with Crippen LogP contribution >= 0.6 is 0 Å². The molecule has 4 heteroatoms. The third-order valence-corrected chi connectivity index (χ3v) is 2.70. The minimum Gasteiger partial charge on any atom is -0.388 e. The van der Waals surface area contributed by atoms with E-state index in [1.54, 1.807) is 0 Å². The van der Waals surface area contributed by atoms with Crippen LogP contribution in [0, 0.1) is 5.41 Å². The van der Waals surface area contributed by atoms with Gasteiger partial charge in [-0.15, -0.1) is 0 Å². The minimum absolute atomic E-state index is 0.283. The van der Waals surface area contributed by atoms with Crippen molar-refractivity contribution >= 4 is 5.84 Å². The fraction of sp³-hybridized carbons (Fsp3) is 0.667. The van der Waals surface area contributed by atoms with Crippen LogP contribution in [0.3, 0.4) is 0 Å². The van der Waals surface area contributed by atoms with Gasteiger partial charge in [-0.2, -0.15) is 5.10 Å². The predicted octanol–water partition coefficient (Wildman–Crippen LogP) is 2.11. The molecule has 0 spiro atoms. The molecule has 4 nitrogen and oxygen atoms in total. The number of unbranched alkanes of at least 4 members (excludes halogenated alkanes) is 1. The number of nitrogens with zero attached hydrogens (tertiary/aromatic N) is 2. The van der Waals surface area contributed by atoms with Crippen LogP contribution in [-0.4, -0.2) is 15.6 Å². The number of nitrogens with one attached hydrogen (secondary N) is 1. The Bertz CT molecular complexity index is 341. The zero-order chi connectivity index (χ0) is 12.0.